The van der Waals surface area contributed by atoms with Crippen LogP contribution in [0.1, 0.15) is 25.7 Å². The Kier molecular flexibility index (Phi) is 3.82. The number of thiazole rings is 1. The highest BCUT2D eigenvalue weighted by Gasteiger charge is 2.31. The maximum Gasteiger partial charge on any atom is 0.273 e. The van der Waals surface area contributed by atoms with Crippen molar-refractivity contribution >= 4 is 17.2 Å². The largest absolute Gasteiger partial charge is 0.465 e. The molecule has 0 saturated carbocycles. The van der Waals surface area contributed by atoms with Crippen LogP contribution in [0.2, 0.25) is 0 Å². The highest BCUT2D eigenvalue weighted by atomic mass is 32.1. The van der Waals surface area contributed by atoms with Crippen LogP contribution in [-0.2, 0) is 4.79 Å². The Bertz CT molecular complexity index is 458. The molecule has 1 aromatic rings. The van der Waals surface area contributed by atoms with Gasteiger partial charge in [0.15, 0.2) is 0 Å². The molecule has 0 bridgehead atoms. The maximum absolute atomic E-state index is 12.4. The van der Waals surface area contributed by atoms with Crippen molar-refractivity contribution < 1.29 is 9.53 Å². The zero-order valence-electron chi connectivity index (χ0n) is 10.8. The molecule has 0 spiro atoms. The molecule has 1 amide bonds. The Hall–Kier alpha value is -1.36. The molecule has 102 valence electrons. The molecule has 1 fully saturated rings. The third-order valence-electron chi connectivity index (χ3n) is 3.75. The second-order valence-electron chi connectivity index (χ2n) is 5.09. The van der Waals surface area contributed by atoms with Gasteiger partial charge in [-0.3, -0.25) is 4.79 Å². The number of rotatable bonds is 3. The summed E-state index contributed by atoms with van der Waals surface area (Å²) in [5, 5.41) is 2.61. The van der Waals surface area contributed by atoms with Crippen molar-refractivity contribution in [1.82, 2.24) is 9.88 Å². The molecule has 0 N–H and O–H groups in total. The topological polar surface area (TPSA) is 42.4 Å². The van der Waals surface area contributed by atoms with Gasteiger partial charge >= 0.3 is 0 Å². The Morgan fingerprint density at radius 2 is 2.37 bits per heavy atom. The van der Waals surface area contributed by atoms with Crippen molar-refractivity contribution in [1.29, 1.82) is 0 Å². The Morgan fingerprint density at radius 1 is 1.42 bits per heavy atom. The fourth-order valence-electron chi connectivity index (χ4n) is 2.71. The van der Waals surface area contributed by atoms with Gasteiger partial charge in [0.1, 0.15) is 6.10 Å². The minimum atomic E-state index is 0.106. The van der Waals surface area contributed by atoms with Crippen molar-refractivity contribution in [2.24, 2.45) is 5.92 Å². The molecule has 1 aliphatic heterocycles. The van der Waals surface area contributed by atoms with Crippen LogP contribution >= 0.6 is 11.3 Å². The highest BCUT2D eigenvalue weighted by molar-refractivity contribution is 7.11. The molecule has 1 saturated heterocycles. The quantitative estimate of drug-likeness (QED) is 0.798. The SMILES string of the molecule is O=C(C1CC=CCC1)N1CCC(Oc2nccs2)C1. The van der Waals surface area contributed by atoms with E-state index in [1.54, 1.807) is 6.20 Å². The smallest absolute Gasteiger partial charge is 0.273 e. The van der Waals surface area contributed by atoms with E-state index >= 15 is 0 Å². The van der Waals surface area contributed by atoms with Gasteiger partial charge in [0.2, 0.25) is 5.91 Å². The molecule has 4 nitrogen and oxygen atoms in total. The number of likely N-dealkylation sites (tertiary alicyclic amines) is 1. The summed E-state index contributed by atoms with van der Waals surface area (Å²) < 4.78 is 5.78. The van der Waals surface area contributed by atoms with Gasteiger partial charge in [-0.1, -0.05) is 23.5 Å². The Labute approximate surface area is 117 Å². The normalized spacial score (nSPS) is 26.6. The molecular weight excluding hydrogens is 260 g/mol. The number of amides is 1. The van der Waals surface area contributed by atoms with E-state index in [4.69, 9.17) is 4.74 Å². The number of ether oxygens (including phenoxy) is 1. The number of hydrogen-bond donors (Lipinski definition) is 0. The van der Waals surface area contributed by atoms with Crippen LogP contribution in [0.25, 0.3) is 0 Å². The van der Waals surface area contributed by atoms with Gasteiger partial charge in [0, 0.05) is 30.5 Å². The van der Waals surface area contributed by atoms with Gasteiger partial charge in [0.05, 0.1) is 6.54 Å². The molecule has 2 heterocycles. The van der Waals surface area contributed by atoms with Crippen LogP contribution in [0.4, 0.5) is 0 Å². The number of carbonyl (C=O) groups is 1. The Morgan fingerprint density at radius 3 is 3.11 bits per heavy atom. The van der Waals surface area contributed by atoms with Gasteiger partial charge in [-0.05, 0) is 19.3 Å². The molecule has 0 aromatic carbocycles. The summed E-state index contributed by atoms with van der Waals surface area (Å²) in [6, 6.07) is 0. The molecule has 5 heteroatoms. The monoisotopic (exact) mass is 278 g/mol. The second-order valence-corrected chi connectivity index (χ2v) is 5.95. The van der Waals surface area contributed by atoms with E-state index in [-0.39, 0.29) is 12.0 Å². The lowest BCUT2D eigenvalue weighted by Gasteiger charge is -2.24. The van der Waals surface area contributed by atoms with E-state index in [9.17, 15) is 4.79 Å². The third kappa shape index (κ3) is 2.97. The second kappa shape index (κ2) is 5.74. The van der Waals surface area contributed by atoms with E-state index in [1.807, 2.05) is 10.3 Å². The molecule has 3 rings (SSSR count). The van der Waals surface area contributed by atoms with Crippen LogP contribution in [0.15, 0.2) is 23.7 Å². The van der Waals surface area contributed by atoms with Gasteiger partial charge < -0.3 is 9.64 Å². The van der Waals surface area contributed by atoms with E-state index in [0.717, 1.165) is 32.2 Å². The van der Waals surface area contributed by atoms with Crippen LogP contribution in [0.5, 0.6) is 5.19 Å². The summed E-state index contributed by atoms with van der Waals surface area (Å²) in [6.07, 6.45) is 9.98. The van der Waals surface area contributed by atoms with Crippen molar-refractivity contribution in [3.8, 4) is 5.19 Å². The summed E-state index contributed by atoms with van der Waals surface area (Å²) >= 11 is 1.50. The Balaban J connectivity index is 1.53. The lowest BCUT2D eigenvalue weighted by molar-refractivity contribution is -0.135. The number of carbonyl (C=O) groups excluding carboxylic acids is 1. The molecular formula is C14H18N2O2S. The molecule has 0 radical (unpaired) electrons. The fourth-order valence-corrected chi connectivity index (χ4v) is 3.26. The summed E-state index contributed by atoms with van der Waals surface area (Å²) in [6.45, 7) is 1.52. The van der Waals surface area contributed by atoms with Crippen molar-refractivity contribution in [3.05, 3.63) is 23.7 Å². The summed E-state index contributed by atoms with van der Waals surface area (Å²) in [5.41, 5.74) is 0. The molecule has 2 atom stereocenters. The highest BCUT2D eigenvalue weighted by Crippen LogP contribution is 2.25. The van der Waals surface area contributed by atoms with Gasteiger partial charge in [-0.15, -0.1) is 0 Å². The van der Waals surface area contributed by atoms with Crippen LogP contribution in [0.3, 0.4) is 0 Å². The van der Waals surface area contributed by atoms with Crippen molar-refractivity contribution in [2.45, 2.75) is 31.8 Å². The van der Waals surface area contributed by atoms with Crippen molar-refractivity contribution in [3.63, 3.8) is 0 Å². The summed E-state index contributed by atoms with van der Waals surface area (Å²) in [5.74, 6) is 0.484. The molecule has 1 aliphatic carbocycles. The first-order valence-corrected chi connectivity index (χ1v) is 7.71. The molecule has 2 aliphatic rings. The first kappa shape index (κ1) is 12.7. The minimum absolute atomic E-state index is 0.106. The third-order valence-corrected chi connectivity index (χ3v) is 4.41. The first-order valence-electron chi connectivity index (χ1n) is 6.83. The first-order chi connectivity index (χ1) is 9.33. The molecule has 19 heavy (non-hydrogen) atoms. The zero-order valence-corrected chi connectivity index (χ0v) is 11.6. The van der Waals surface area contributed by atoms with E-state index in [0.29, 0.717) is 17.6 Å². The minimum Gasteiger partial charge on any atom is -0.465 e. The number of hydrogen-bond acceptors (Lipinski definition) is 4. The average molecular weight is 278 g/mol. The number of nitrogens with zero attached hydrogens (tertiary/aromatic N) is 2. The zero-order chi connectivity index (χ0) is 13.1. The fraction of sp³-hybridized carbons (Fsp3) is 0.571. The number of allylic oxidation sites excluding steroid dienone is 2. The van der Waals surface area contributed by atoms with Crippen LogP contribution < -0.4 is 4.74 Å². The standard InChI is InChI=1S/C14H18N2O2S/c17-13(11-4-2-1-3-5-11)16-8-6-12(10-16)18-14-15-7-9-19-14/h1-2,7,9,11-12H,3-6,8,10H2. The van der Waals surface area contributed by atoms with E-state index in [2.05, 4.69) is 17.1 Å². The van der Waals surface area contributed by atoms with Gasteiger partial charge in [0.25, 0.3) is 5.19 Å². The number of aromatic nitrogens is 1. The summed E-state index contributed by atoms with van der Waals surface area (Å²) in [4.78, 5) is 18.5. The molecule has 1 aromatic heterocycles. The predicted octanol–water partition coefficient (Wildman–Crippen LogP) is 2.48. The van der Waals surface area contributed by atoms with Crippen LogP contribution in [0, 0.1) is 5.92 Å². The van der Waals surface area contributed by atoms with Crippen molar-refractivity contribution in [2.75, 3.05) is 13.1 Å². The lowest BCUT2D eigenvalue weighted by atomic mass is 9.93. The lowest BCUT2D eigenvalue weighted by Crippen LogP contribution is -2.36. The van der Waals surface area contributed by atoms with Gasteiger partial charge in [-0.2, -0.15) is 0 Å². The predicted molar refractivity (Wildman–Crippen MR) is 74.2 cm³/mol. The average Bonchev–Trinajstić information content (AvgIpc) is 3.11. The summed E-state index contributed by atoms with van der Waals surface area (Å²) in [7, 11) is 0. The molecule has 2 unspecified atom stereocenters. The van der Waals surface area contributed by atoms with Crippen LogP contribution in [-0.4, -0.2) is 35.0 Å². The maximum atomic E-state index is 12.4. The van der Waals surface area contributed by atoms with Gasteiger partial charge in [-0.25, -0.2) is 4.98 Å². The van der Waals surface area contributed by atoms with E-state index < -0.39 is 0 Å². The van der Waals surface area contributed by atoms with E-state index in [1.165, 1.54) is 11.3 Å².